The first-order valence-corrected chi connectivity index (χ1v) is 8.85. The average Bonchev–Trinajstić information content (AvgIpc) is 2.60. The Morgan fingerprint density at radius 3 is 2.71 bits per heavy atom. The second kappa shape index (κ2) is 8.92. The van der Waals surface area contributed by atoms with E-state index >= 15 is 0 Å². The smallest absolute Gasteiger partial charge is 0.237 e. The number of methoxy groups -OCH3 is 1. The summed E-state index contributed by atoms with van der Waals surface area (Å²) in [6, 6.07) is 5.69. The van der Waals surface area contributed by atoms with Crippen LogP contribution in [0, 0.1) is 5.92 Å². The van der Waals surface area contributed by atoms with Crippen molar-refractivity contribution in [1.82, 2.24) is 10.6 Å². The second-order valence-electron chi connectivity index (χ2n) is 6.85. The van der Waals surface area contributed by atoms with E-state index in [1.807, 2.05) is 25.1 Å². The number of hydrogen-bond donors (Lipinski definition) is 2. The lowest BCUT2D eigenvalue weighted by Gasteiger charge is -2.25. The molecule has 1 saturated heterocycles. The Bertz CT molecular complexity index is 539. The number of carbonyl (C=O) groups is 1. The Hall–Kier alpha value is -1.75. The molecule has 1 aromatic rings. The minimum atomic E-state index is -0.0747. The maximum atomic E-state index is 12.4. The number of amides is 1. The van der Waals surface area contributed by atoms with Gasteiger partial charge < -0.3 is 20.1 Å². The molecule has 2 unspecified atom stereocenters. The van der Waals surface area contributed by atoms with Gasteiger partial charge in [-0.2, -0.15) is 0 Å². The summed E-state index contributed by atoms with van der Waals surface area (Å²) in [6.45, 7) is 7.77. The predicted octanol–water partition coefficient (Wildman–Crippen LogP) is 3.05. The topological polar surface area (TPSA) is 59.6 Å². The fraction of sp³-hybridized carbons (Fsp3) is 0.632. The molecule has 0 saturated carbocycles. The van der Waals surface area contributed by atoms with Crippen molar-refractivity contribution in [3.8, 4) is 11.5 Å². The Morgan fingerprint density at radius 2 is 2.08 bits per heavy atom. The summed E-state index contributed by atoms with van der Waals surface area (Å²) in [5.74, 6) is 1.96. The lowest BCUT2D eigenvalue weighted by Crippen LogP contribution is -2.47. The van der Waals surface area contributed by atoms with E-state index in [0.29, 0.717) is 18.3 Å². The van der Waals surface area contributed by atoms with Crippen LogP contribution < -0.4 is 20.1 Å². The minimum absolute atomic E-state index is 0.0706. The lowest BCUT2D eigenvalue weighted by molar-refractivity contribution is -0.124. The van der Waals surface area contributed by atoms with Gasteiger partial charge in [-0.1, -0.05) is 26.3 Å². The van der Waals surface area contributed by atoms with Gasteiger partial charge in [0.15, 0.2) is 11.5 Å². The van der Waals surface area contributed by atoms with Gasteiger partial charge in [-0.25, -0.2) is 0 Å². The number of piperidine rings is 1. The standard InChI is InChI=1S/C19H30N2O3/c1-13(2)12-24-17-9-8-15(11-18(17)23-4)14(3)21-19(22)16-7-5-6-10-20-16/h8-9,11,13-14,16,20H,5-7,10,12H2,1-4H3,(H,21,22). The van der Waals surface area contributed by atoms with Crippen LogP contribution in [0.15, 0.2) is 18.2 Å². The fourth-order valence-electron chi connectivity index (χ4n) is 2.80. The molecule has 2 N–H and O–H groups in total. The van der Waals surface area contributed by atoms with Crippen molar-refractivity contribution in [2.45, 2.75) is 52.1 Å². The summed E-state index contributed by atoms with van der Waals surface area (Å²) in [6.07, 6.45) is 3.16. The molecule has 1 heterocycles. The summed E-state index contributed by atoms with van der Waals surface area (Å²) in [4.78, 5) is 12.4. The van der Waals surface area contributed by atoms with E-state index < -0.39 is 0 Å². The molecule has 5 nitrogen and oxygen atoms in total. The normalized spacial score (nSPS) is 19.0. The molecule has 1 amide bonds. The number of hydrogen-bond acceptors (Lipinski definition) is 4. The molecule has 1 aliphatic rings. The van der Waals surface area contributed by atoms with Crippen molar-refractivity contribution < 1.29 is 14.3 Å². The highest BCUT2D eigenvalue weighted by molar-refractivity contribution is 5.82. The van der Waals surface area contributed by atoms with Crippen molar-refractivity contribution in [3.05, 3.63) is 23.8 Å². The molecule has 24 heavy (non-hydrogen) atoms. The van der Waals surface area contributed by atoms with Crippen LogP contribution in [0.25, 0.3) is 0 Å². The zero-order chi connectivity index (χ0) is 17.5. The van der Waals surface area contributed by atoms with Gasteiger partial charge in [0.1, 0.15) is 0 Å². The van der Waals surface area contributed by atoms with Crippen LogP contribution in [-0.4, -0.2) is 32.2 Å². The first kappa shape index (κ1) is 18.6. The van der Waals surface area contributed by atoms with Crippen LogP contribution in [0.2, 0.25) is 0 Å². The Morgan fingerprint density at radius 1 is 1.29 bits per heavy atom. The largest absolute Gasteiger partial charge is 0.493 e. The number of ether oxygens (including phenoxy) is 2. The lowest BCUT2D eigenvalue weighted by atomic mass is 10.0. The highest BCUT2D eigenvalue weighted by Crippen LogP contribution is 2.30. The first-order valence-electron chi connectivity index (χ1n) is 8.85. The average molecular weight is 334 g/mol. The fourth-order valence-corrected chi connectivity index (χ4v) is 2.80. The van der Waals surface area contributed by atoms with Crippen LogP contribution in [0.4, 0.5) is 0 Å². The van der Waals surface area contributed by atoms with E-state index in [0.717, 1.165) is 37.1 Å². The van der Waals surface area contributed by atoms with Crippen LogP contribution in [0.5, 0.6) is 11.5 Å². The molecule has 0 bridgehead atoms. The van der Waals surface area contributed by atoms with Crippen molar-refractivity contribution in [2.75, 3.05) is 20.3 Å². The highest BCUT2D eigenvalue weighted by atomic mass is 16.5. The maximum Gasteiger partial charge on any atom is 0.237 e. The number of benzene rings is 1. The van der Waals surface area contributed by atoms with Crippen molar-refractivity contribution in [2.24, 2.45) is 5.92 Å². The van der Waals surface area contributed by atoms with Gasteiger partial charge in [0, 0.05) is 0 Å². The van der Waals surface area contributed by atoms with Gasteiger partial charge in [-0.15, -0.1) is 0 Å². The molecule has 2 atom stereocenters. The van der Waals surface area contributed by atoms with E-state index in [1.165, 1.54) is 0 Å². The Balaban J connectivity index is 2.00. The third-order valence-electron chi connectivity index (χ3n) is 4.25. The van der Waals surface area contributed by atoms with E-state index in [2.05, 4.69) is 24.5 Å². The molecule has 5 heteroatoms. The highest BCUT2D eigenvalue weighted by Gasteiger charge is 2.22. The zero-order valence-electron chi connectivity index (χ0n) is 15.2. The van der Waals surface area contributed by atoms with E-state index in [4.69, 9.17) is 9.47 Å². The first-order chi connectivity index (χ1) is 11.5. The summed E-state index contributed by atoms with van der Waals surface area (Å²) in [5.41, 5.74) is 1.01. The molecule has 0 aliphatic carbocycles. The van der Waals surface area contributed by atoms with E-state index in [1.54, 1.807) is 7.11 Å². The van der Waals surface area contributed by atoms with Gasteiger partial charge in [0.05, 0.1) is 25.8 Å². The molecule has 1 fully saturated rings. The van der Waals surface area contributed by atoms with Crippen molar-refractivity contribution >= 4 is 5.91 Å². The third kappa shape index (κ3) is 5.13. The molecule has 0 radical (unpaired) electrons. The summed E-state index contributed by atoms with van der Waals surface area (Å²) >= 11 is 0. The molecule has 134 valence electrons. The minimum Gasteiger partial charge on any atom is -0.493 e. The van der Waals surface area contributed by atoms with Gasteiger partial charge in [0.2, 0.25) is 5.91 Å². The molecular weight excluding hydrogens is 304 g/mol. The molecule has 2 rings (SSSR count). The van der Waals surface area contributed by atoms with E-state index in [-0.39, 0.29) is 18.0 Å². The molecule has 1 aromatic carbocycles. The molecule has 0 spiro atoms. The summed E-state index contributed by atoms with van der Waals surface area (Å²) in [7, 11) is 1.64. The molecule has 1 aliphatic heterocycles. The Kier molecular flexibility index (Phi) is 6.91. The van der Waals surface area contributed by atoms with Crippen LogP contribution in [0.1, 0.15) is 51.6 Å². The van der Waals surface area contributed by atoms with Gasteiger partial charge >= 0.3 is 0 Å². The molecule has 0 aromatic heterocycles. The number of nitrogens with one attached hydrogen (secondary N) is 2. The predicted molar refractivity (Wildman–Crippen MR) is 95.5 cm³/mol. The summed E-state index contributed by atoms with van der Waals surface area (Å²) in [5, 5.41) is 6.37. The monoisotopic (exact) mass is 334 g/mol. The zero-order valence-corrected chi connectivity index (χ0v) is 15.2. The van der Waals surface area contributed by atoms with Gasteiger partial charge in [-0.05, 0) is 49.9 Å². The third-order valence-corrected chi connectivity index (χ3v) is 4.25. The van der Waals surface area contributed by atoms with Gasteiger partial charge in [-0.3, -0.25) is 4.79 Å². The second-order valence-corrected chi connectivity index (χ2v) is 6.85. The summed E-state index contributed by atoms with van der Waals surface area (Å²) < 4.78 is 11.2. The quantitative estimate of drug-likeness (QED) is 0.805. The Labute approximate surface area is 145 Å². The number of carbonyl (C=O) groups excluding carboxylic acids is 1. The van der Waals surface area contributed by atoms with E-state index in [9.17, 15) is 4.79 Å². The molecular formula is C19H30N2O3. The van der Waals surface area contributed by atoms with Crippen molar-refractivity contribution in [3.63, 3.8) is 0 Å². The van der Waals surface area contributed by atoms with Crippen LogP contribution in [0.3, 0.4) is 0 Å². The SMILES string of the molecule is COc1cc(C(C)NC(=O)C2CCCCN2)ccc1OCC(C)C. The van der Waals surface area contributed by atoms with Crippen molar-refractivity contribution in [1.29, 1.82) is 0 Å². The van der Waals surface area contributed by atoms with Gasteiger partial charge in [0.25, 0.3) is 0 Å². The number of rotatable bonds is 7. The van der Waals surface area contributed by atoms with Crippen LogP contribution >= 0.6 is 0 Å². The maximum absolute atomic E-state index is 12.4. The van der Waals surface area contributed by atoms with Crippen LogP contribution in [-0.2, 0) is 4.79 Å².